The monoisotopic (exact) mass is 1930 g/mol. The largest absolute Gasteiger partial charge is 0.481 e. The Hall–Kier alpha value is -14.6. The summed E-state index contributed by atoms with van der Waals surface area (Å²) in [5.74, 6) is -20.1. The molecule has 46 nitrogen and oxygen atoms in total. The zero-order valence-corrected chi connectivity index (χ0v) is 78.4. The van der Waals surface area contributed by atoms with Gasteiger partial charge in [0.15, 0.2) is 5.96 Å². The normalized spacial score (nSPS) is 24.3. The van der Waals surface area contributed by atoms with Crippen molar-refractivity contribution in [3.8, 4) is 6.07 Å². The topological polar surface area (TPSA) is 702 Å². The second-order valence-corrected chi connectivity index (χ2v) is 35.5. The molecule has 3 aromatic carbocycles. The average Bonchev–Trinajstić information content (AvgIpc) is 1.63. The van der Waals surface area contributed by atoms with E-state index in [9.17, 15) is 68.5 Å². The molecule has 3 aliphatic rings. The third-order valence-corrected chi connectivity index (χ3v) is 25.4. The number of guanidine groups is 1. The molecule has 138 heavy (non-hydrogen) atoms. The lowest BCUT2D eigenvalue weighted by molar-refractivity contribution is -0.149. The highest BCUT2D eigenvalue weighted by molar-refractivity contribution is 8.00. The molecule has 3 fully saturated rings. The summed E-state index contributed by atoms with van der Waals surface area (Å²) < 4.78 is 0. The fourth-order valence-corrected chi connectivity index (χ4v) is 17.6. The van der Waals surface area contributed by atoms with Gasteiger partial charge >= 0.3 is 5.97 Å². The minimum absolute atomic E-state index is 0.0191. The number of amides is 17. The second-order valence-electron chi connectivity index (χ2n) is 34.4. The Balaban J connectivity index is 1.11. The lowest BCUT2D eigenvalue weighted by Crippen LogP contribution is -2.62. The van der Waals surface area contributed by atoms with E-state index in [0.29, 0.717) is 64.2 Å². The van der Waals surface area contributed by atoms with E-state index in [0.717, 1.165) is 36.3 Å². The summed E-state index contributed by atoms with van der Waals surface area (Å²) in [5, 5.41) is 79.9. The van der Waals surface area contributed by atoms with E-state index in [-0.39, 0.29) is 82.1 Å². The van der Waals surface area contributed by atoms with E-state index in [4.69, 9.17) is 22.6 Å². The number of benzene rings is 3. The Morgan fingerprint density at radius 2 is 1.10 bits per heavy atom. The van der Waals surface area contributed by atoms with Crippen LogP contribution in [0.1, 0.15) is 139 Å². The van der Waals surface area contributed by atoms with Crippen LogP contribution in [-0.4, -0.2) is 328 Å². The van der Waals surface area contributed by atoms with Crippen LogP contribution >= 0.6 is 11.8 Å². The van der Waals surface area contributed by atoms with Crippen LogP contribution in [0.4, 0.5) is 0 Å². The van der Waals surface area contributed by atoms with E-state index in [2.05, 4.69) is 78.4 Å². The third-order valence-electron chi connectivity index (χ3n) is 24.4. The number of unbranched alkanes of at least 4 members (excludes halogenated alkanes) is 2. The van der Waals surface area contributed by atoms with Crippen LogP contribution in [0.15, 0.2) is 97.7 Å². The minimum Gasteiger partial charge on any atom is -0.481 e. The van der Waals surface area contributed by atoms with Gasteiger partial charge in [-0.2, -0.15) is 5.26 Å². The van der Waals surface area contributed by atoms with Crippen LogP contribution in [-0.2, 0) is 112 Å². The number of nitrogens with two attached hydrogens (primary N) is 3. The number of likely N-dealkylation sites (N-methyl/N-ethyl adjacent to an activating group) is 3. The number of hydrogen-bond donors (Lipinski definition) is 21. The minimum atomic E-state index is -1.94. The van der Waals surface area contributed by atoms with Crippen molar-refractivity contribution in [2.24, 2.45) is 17.2 Å². The average molecular weight is 1940 g/mol. The fourth-order valence-electron chi connectivity index (χ4n) is 16.7. The highest BCUT2D eigenvalue weighted by Gasteiger charge is 2.47. The van der Waals surface area contributed by atoms with E-state index in [1.165, 1.54) is 64.9 Å². The van der Waals surface area contributed by atoms with E-state index < -0.39 is 266 Å². The van der Waals surface area contributed by atoms with Crippen molar-refractivity contribution in [3.63, 3.8) is 0 Å². The molecule has 3 saturated heterocycles. The first kappa shape index (κ1) is 107. The van der Waals surface area contributed by atoms with Gasteiger partial charge in [-0.3, -0.25) is 91.7 Å². The maximum atomic E-state index is 15.8. The van der Waals surface area contributed by atoms with Crippen molar-refractivity contribution in [1.82, 2.24) is 103 Å². The number of aromatic nitrogens is 4. The van der Waals surface area contributed by atoms with E-state index >= 15 is 38.4 Å². The van der Waals surface area contributed by atoms with Crippen molar-refractivity contribution < 1.29 is 102 Å². The van der Waals surface area contributed by atoms with Crippen molar-refractivity contribution in [1.29, 1.82) is 10.7 Å². The van der Waals surface area contributed by atoms with Crippen LogP contribution in [0, 0.1) is 16.7 Å². The number of aromatic amines is 3. The number of H-pyrrole nitrogens is 3. The fraction of sp³-hybridized carbons (Fsp3) is 0.505. The molecule has 744 valence electrons. The third kappa shape index (κ3) is 29.7. The maximum Gasteiger partial charge on any atom is 0.303 e. The zero-order chi connectivity index (χ0) is 101. The molecule has 9 rings (SSSR count). The van der Waals surface area contributed by atoms with Crippen LogP contribution < -0.4 is 75.7 Å². The molecule has 0 spiro atoms. The number of hydrogen-bond acceptors (Lipinski definition) is 24. The first-order valence-electron chi connectivity index (χ1n) is 45.5. The predicted octanol–water partition coefficient (Wildman–Crippen LogP) is -3.94. The molecule has 6 heterocycles. The Bertz CT molecular complexity index is 5430. The molecular formula is C91H123N25O21S. The second kappa shape index (κ2) is 51.4. The van der Waals surface area contributed by atoms with Gasteiger partial charge < -0.3 is 130 Å². The number of carboxylic acids is 1. The van der Waals surface area contributed by atoms with Gasteiger partial charge in [-0.05, 0) is 92.8 Å². The number of nitrogens with one attached hydrogen (secondary N) is 15. The number of aliphatic hydroxyl groups is 2. The van der Waals surface area contributed by atoms with Crippen LogP contribution in [0.25, 0.3) is 21.8 Å². The summed E-state index contributed by atoms with van der Waals surface area (Å²) in [4.78, 5) is 281. The van der Waals surface area contributed by atoms with Gasteiger partial charge in [0.25, 0.3) is 0 Å². The van der Waals surface area contributed by atoms with Crippen molar-refractivity contribution >= 4 is 146 Å². The molecular weight excluding hydrogens is 1810 g/mol. The molecule has 17 amide bonds. The maximum absolute atomic E-state index is 15.8. The van der Waals surface area contributed by atoms with E-state index in [1.54, 1.807) is 60.9 Å². The van der Waals surface area contributed by atoms with Gasteiger partial charge in [-0.25, -0.2) is 4.98 Å². The number of carbonyl (C=O) groups excluding carboxylic acids is 17. The van der Waals surface area contributed by atoms with Crippen LogP contribution in [0.5, 0.6) is 0 Å². The van der Waals surface area contributed by atoms with Crippen molar-refractivity contribution in [2.45, 2.75) is 227 Å². The Labute approximate surface area is 798 Å². The molecule has 3 aliphatic heterocycles. The number of aliphatic hydroxyl groups excluding tert-OH is 2. The van der Waals surface area contributed by atoms with Crippen molar-refractivity contribution in [2.75, 3.05) is 65.4 Å². The lowest BCUT2D eigenvalue weighted by atomic mass is 10.00. The predicted molar refractivity (Wildman–Crippen MR) is 500 cm³/mol. The quantitative estimate of drug-likeness (QED) is 0.0133. The molecule has 0 saturated carbocycles. The Morgan fingerprint density at radius 1 is 0.558 bits per heavy atom. The van der Waals surface area contributed by atoms with Gasteiger partial charge in [-0.15, -0.1) is 11.8 Å². The van der Waals surface area contributed by atoms with Crippen molar-refractivity contribution in [3.05, 3.63) is 126 Å². The molecule has 24 N–H and O–H groups in total. The summed E-state index contributed by atoms with van der Waals surface area (Å²) >= 11 is 0.744. The van der Waals surface area contributed by atoms with Gasteiger partial charge in [0.05, 0.1) is 49.4 Å². The number of para-hydroxylation sites is 2. The number of nitrogens with zero attached hydrogens (tertiary/aromatic N) is 7. The smallest absolute Gasteiger partial charge is 0.303 e. The number of rotatable bonds is 27. The number of fused-ring (bicyclic) bond motifs is 4. The number of nitriles is 1. The Kier molecular flexibility index (Phi) is 39.9. The summed E-state index contributed by atoms with van der Waals surface area (Å²) in [7, 11) is 3.84. The molecule has 6 aromatic rings. The summed E-state index contributed by atoms with van der Waals surface area (Å²) in [5.41, 5.74) is 19.7. The van der Waals surface area contributed by atoms with Gasteiger partial charge in [0, 0.05) is 131 Å². The molecule has 0 bridgehead atoms. The number of aliphatic carboxylic acids is 1. The van der Waals surface area contributed by atoms with Crippen LogP contribution in [0.2, 0.25) is 0 Å². The highest BCUT2D eigenvalue weighted by Crippen LogP contribution is 2.28. The summed E-state index contributed by atoms with van der Waals surface area (Å²) in [6, 6.07) is -1.28. The summed E-state index contributed by atoms with van der Waals surface area (Å²) in [6.07, 6.45) is 1.30. The first-order chi connectivity index (χ1) is 65.8. The highest BCUT2D eigenvalue weighted by atomic mass is 32.2. The zero-order valence-electron chi connectivity index (χ0n) is 77.5. The van der Waals surface area contributed by atoms with Crippen LogP contribution in [0.3, 0.4) is 0 Å². The number of carbonyl (C=O) groups is 18. The van der Waals surface area contributed by atoms with Gasteiger partial charge in [-0.1, -0.05) is 88.1 Å². The van der Waals surface area contributed by atoms with E-state index in [1.807, 2.05) is 19.9 Å². The molecule has 47 heteroatoms. The summed E-state index contributed by atoms with van der Waals surface area (Å²) in [6.45, 7) is 2.18. The SMILES string of the molecule is CCCC[C@H]1C(=O)N(C)[C@@H](CCCC)C(=O)N[C@@H](CCCNC(=N)N)C(=O)N[C@H](C(=O)NCC(N)=O)CSCC(=O)N[C@@H](Cc2ccc(C#N)cc2)C(=O)N(C)[C@@H](C)C(=O)N[C@@H](CC(N)=O)C(=O)N2CCC[C@H]2C(=O)N[C@@H](Cc2cnc[nH]2)C(=O)N[C@@H](CCC(=O)O)C(=O)N2C[C@H](O)C[C@H]2C(=O)N[C@@H](Cc2c[nH]c3ccccc23)C(=O)N[C@@H](CO)C(=O)N[C@H](Cc2c[nH]c3ccccc23)C(=O)N1C. The number of carboxylic acid groups (broad SMARTS) is 1. The number of thioether (sulfide) groups is 1. The first-order valence-corrected chi connectivity index (χ1v) is 46.7. The molecule has 3 aromatic heterocycles. The molecule has 0 unspecified atom stereocenters. The number of primary amides is 2. The Morgan fingerprint density at radius 3 is 1.70 bits per heavy atom. The van der Waals surface area contributed by atoms with Gasteiger partial charge in [0.1, 0.15) is 84.6 Å². The van der Waals surface area contributed by atoms with Gasteiger partial charge in [0.2, 0.25) is 100 Å². The standard InChI is InChI=1S/C91H123N25O21S/c1-7-9-22-69-83(130)104-60(21-15-31-98-91(95)96)79(126)111-68(78(125)101-43-74(94)120)46-138-47-75(121)103-64(33-50-25-27-51(39-92)28-26-50)86(133)112(4)49(3)77(124)108-66(38-73(93)119)89(136)115-32-16-24-70(115)84(131)107-63(36-54-42-97-48-102-54)81(128)105-61(29-30-76(122)123)88(135)116-44-55(118)37-72(116)85(132)106-62(34-52-40-99-58-19-13-11-17-56(52)58)80(127)110-67(45-117)82(129)109-65(35-53-41-100-59-20-14-12-18-57(53)59)87(134)114(6)71(23-10-8-2)90(137)113(69)5/h11-14,17-20,25-28,40-42,48-49,55,60-72,99-100,117-118H,7-10,15-16,21-24,29-38,43-47H2,1-6H3,(H2,93,119)(H2,94,120)(H,97,102)(H,101,125)(H,103,121)(H,104,130)(H,105,128)(H,106,132)(H,107,131)(H,108,124)(H,109,129)(H,110,127)(H,111,126)(H,122,123)(H4,95,96,98)/t49-,55+,60-,61-,62-,63-,64-,65+,66-,67-,68-,69-,70-,71-,72-/m0/s1. The molecule has 0 radical (unpaired) electrons. The lowest BCUT2D eigenvalue weighted by Gasteiger charge is -2.36. The molecule has 0 aliphatic carbocycles. The molecule has 15 atom stereocenters. The number of imidazole rings is 1.